The van der Waals surface area contributed by atoms with Crippen LogP contribution in [0.5, 0.6) is 17.2 Å². The molecule has 0 radical (unpaired) electrons. The number of para-hydroxylation sites is 1. The number of anilines is 1. The van der Waals surface area contributed by atoms with E-state index in [0.29, 0.717) is 42.5 Å². The van der Waals surface area contributed by atoms with Crippen molar-refractivity contribution in [2.75, 3.05) is 19.2 Å². The summed E-state index contributed by atoms with van der Waals surface area (Å²) in [5.41, 5.74) is 2.43. The molecule has 0 bridgehead atoms. The first-order chi connectivity index (χ1) is 15.6. The molecule has 32 heavy (non-hydrogen) atoms. The topological polar surface area (TPSA) is 106 Å². The zero-order chi connectivity index (χ0) is 22.1. The van der Waals surface area contributed by atoms with Gasteiger partial charge in [0.1, 0.15) is 11.8 Å². The molecule has 0 saturated carbocycles. The number of carbonyl (C=O) groups excluding carboxylic acids is 2. The number of carbonyl (C=O) groups is 2. The van der Waals surface area contributed by atoms with Crippen LogP contribution in [0.25, 0.3) is 11.3 Å². The molecule has 0 spiro atoms. The lowest BCUT2D eigenvalue weighted by molar-refractivity contribution is -0.133. The first-order valence-electron chi connectivity index (χ1n) is 10.3. The average Bonchev–Trinajstić information content (AvgIpc) is 3.54. The average molecular weight is 434 g/mol. The van der Waals surface area contributed by atoms with Crippen molar-refractivity contribution in [3.8, 4) is 28.5 Å². The minimum absolute atomic E-state index is 0.0560. The van der Waals surface area contributed by atoms with E-state index in [2.05, 4.69) is 15.5 Å². The van der Waals surface area contributed by atoms with E-state index in [1.807, 2.05) is 42.5 Å². The van der Waals surface area contributed by atoms with E-state index in [9.17, 15) is 9.59 Å². The molecule has 2 aliphatic rings. The Morgan fingerprint density at radius 2 is 2.06 bits per heavy atom. The molecule has 9 nitrogen and oxygen atoms in total. The second kappa shape index (κ2) is 8.26. The third kappa shape index (κ3) is 3.73. The molecular weight excluding hydrogens is 412 g/mol. The maximum Gasteiger partial charge on any atom is 0.248 e. The Balaban J connectivity index is 1.29. The van der Waals surface area contributed by atoms with Gasteiger partial charge in [-0.2, -0.15) is 5.10 Å². The molecule has 0 aliphatic carbocycles. The zero-order valence-corrected chi connectivity index (χ0v) is 17.5. The lowest BCUT2D eigenvalue weighted by Gasteiger charge is -2.24. The van der Waals surface area contributed by atoms with Crippen molar-refractivity contribution in [1.82, 2.24) is 15.1 Å². The number of nitrogens with zero attached hydrogens (tertiary/aromatic N) is 2. The summed E-state index contributed by atoms with van der Waals surface area (Å²) >= 11 is 0. The number of amides is 2. The van der Waals surface area contributed by atoms with Crippen LogP contribution in [0.15, 0.2) is 48.5 Å². The van der Waals surface area contributed by atoms with Crippen molar-refractivity contribution in [3.63, 3.8) is 0 Å². The summed E-state index contributed by atoms with van der Waals surface area (Å²) in [7, 11) is 1.60. The van der Waals surface area contributed by atoms with Gasteiger partial charge in [0, 0.05) is 24.6 Å². The molecule has 1 atom stereocenters. The third-order valence-electron chi connectivity index (χ3n) is 5.65. The van der Waals surface area contributed by atoms with Crippen molar-refractivity contribution in [3.05, 3.63) is 54.1 Å². The van der Waals surface area contributed by atoms with Crippen LogP contribution in [0.4, 0.5) is 5.82 Å². The van der Waals surface area contributed by atoms with Crippen LogP contribution < -0.4 is 19.5 Å². The molecule has 9 heteroatoms. The Morgan fingerprint density at radius 1 is 1.22 bits per heavy atom. The van der Waals surface area contributed by atoms with Crippen molar-refractivity contribution < 1.29 is 23.8 Å². The number of hydrogen-bond donors (Lipinski definition) is 2. The van der Waals surface area contributed by atoms with Crippen LogP contribution in [0, 0.1) is 0 Å². The Kier molecular flexibility index (Phi) is 5.14. The van der Waals surface area contributed by atoms with Gasteiger partial charge in [0.2, 0.25) is 18.6 Å². The summed E-state index contributed by atoms with van der Waals surface area (Å²) in [4.78, 5) is 27.1. The summed E-state index contributed by atoms with van der Waals surface area (Å²) < 4.78 is 16.1. The summed E-state index contributed by atoms with van der Waals surface area (Å²) in [5, 5.41) is 9.95. The fourth-order valence-electron chi connectivity index (χ4n) is 4.04. The number of benzene rings is 2. The highest BCUT2D eigenvalue weighted by atomic mass is 16.7. The van der Waals surface area contributed by atoms with Crippen molar-refractivity contribution in [1.29, 1.82) is 0 Å². The van der Waals surface area contributed by atoms with Gasteiger partial charge in [0.15, 0.2) is 17.3 Å². The SMILES string of the molecule is COc1ccccc1-c1cc(NC(=O)C2CCC(=O)N2Cc2ccc3c(c2)OCO3)n[nH]1. The highest BCUT2D eigenvalue weighted by molar-refractivity contribution is 5.98. The van der Waals surface area contributed by atoms with Gasteiger partial charge in [0.25, 0.3) is 0 Å². The van der Waals surface area contributed by atoms with E-state index in [-0.39, 0.29) is 18.6 Å². The molecule has 5 rings (SSSR count). The van der Waals surface area contributed by atoms with Crippen molar-refractivity contribution in [2.24, 2.45) is 0 Å². The van der Waals surface area contributed by atoms with E-state index in [0.717, 1.165) is 16.8 Å². The molecule has 2 aromatic carbocycles. The molecule has 3 aromatic rings. The van der Waals surface area contributed by atoms with Gasteiger partial charge in [-0.15, -0.1) is 0 Å². The summed E-state index contributed by atoms with van der Waals surface area (Å²) in [6.45, 7) is 0.508. The first-order valence-corrected chi connectivity index (χ1v) is 10.3. The highest BCUT2D eigenvalue weighted by Gasteiger charge is 2.36. The van der Waals surface area contributed by atoms with Crippen LogP contribution in [0.2, 0.25) is 0 Å². The molecule has 1 unspecified atom stereocenters. The maximum absolute atomic E-state index is 13.0. The van der Waals surface area contributed by atoms with E-state index in [1.54, 1.807) is 18.1 Å². The van der Waals surface area contributed by atoms with Crippen LogP contribution in [0.1, 0.15) is 18.4 Å². The van der Waals surface area contributed by atoms with Crippen LogP contribution in [0.3, 0.4) is 0 Å². The van der Waals surface area contributed by atoms with Crippen LogP contribution in [-0.2, 0) is 16.1 Å². The van der Waals surface area contributed by atoms with Gasteiger partial charge >= 0.3 is 0 Å². The number of fused-ring (bicyclic) bond motifs is 1. The number of aromatic amines is 1. The van der Waals surface area contributed by atoms with Gasteiger partial charge in [-0.1, -0.05) is 18.2 Å². The van der Waals surface area contributed by atoms with Gasteiger partial charge in [-0.25, -0.2) is 0 Å². The van der Waals surface area contributed by atoms with E-state index in [1.165, 1.54) is 0 Å². The molecule has 3 heterocycles. The van der Waals surface area contributed by atoms with E-state index >= 15 is 0 Å². The number of nitrogens with one attached hydrogen (secondary N) is 2. The van der Waals surface area contributed by atoms with E-state index < -0.39 is 6.04 Å². The number of methoxy groups -OCH3 is 1. The predicted octanol–water partition coefficient (Wildman–Crippen LogP) is 2.94. The van der Waals surface area contributed by atoms with Gasteiger partial charge in [0.05, 0.1) is 12.8 Å². The number of H-pyrrole nitrogens is 1. The number of likely N-dealkylation sites (tertiary alicyclic amines) is 1. The lowest BCUT2D eigenvalue weighted by Crippen LogP contribution is -2.41. The van der Waals surface area contributed by atoms with Crippen LogP contribution >= 0.6 is 0 Å². The molecular formula is C23H22N4O5. The summed E-state index contributed by atoms with van der Waals surface area (Å²) in [6, 6.07) is 14.2. The van der Waals surface area contributed by atoms with Crippen LogP contribution in [-0.4, -0.2) is 46.9 Å². The molecule has 1 aromatic heterocycles. The standard InChI is InChI=1S/C23H22N4O5/c1-30-18-5-3-2-4-15(18)16-11-21(26-25-16)24-23(29)17-7-9-22(28)27(17)12-14-6-8-19-20(10-14)32-13-31-19/h2-6,8,10-11,17H,7,9,12-13H2,1H3,(H2,24,25,26,29). The summed E-state index contributed by atoms with van der Waals surface area (Å²) in [6.07, 6.45) is 0.786. The second-order valence-electron chi connectivity index (χ2n) is 7.62. The maximum atomic E-state index is 13.0. The molecule has 1 fully saturated rings. The minimum Gasteiger partial charge on any atom is -0.496 e. The zero-order valence-electron chi connectivity index (χ0n) is 17.5. The molecule has 1 saturated heterocycles. The fourth-order valence-corrected chi connectivity index (χ4v) is 4.04. The van der Waals surface area contributed by atoms with Crippen molar-refractivity contribution >= 4 is 17.6 Å². The van der Waals surface area contributed by atoms with Gasteiger partial charge in [-0.3, -0.25) is 14.7 Å². The van der Waals surface area contributed by atoms with Gasteiger partial charge < -0.3 is 24.4 Å². The summed E-state index contributed by atoms with van der Waals surface area (Å²) in [5.74, 6) is 2.09. The molecule has 2 N–H and O–H groups in total. The molecule has 164 valence electrons. The number of rotatable bonds is 6. The van der Waals surface area contributed by atoms with Gasteiger partial charge in [-0.05, 0) is 36.2 Å². The number of aromatic nitrogens is 2. The molecule has 2 amide bonds. The Morgan fingerprint density at radius 3 is 2.94 bits per heavy atom. The first kappa shape index (κ1) is 19.9. The monoisotopic (exact) mass is 434 g/mol. The predicted molar refractivity (Wildman–Crippen MR) is 115 cm³/mol. The largest absolute Gasteiger partial charge is 0.496 e. The quantitative estimate of drug-likeness (QED) is 0.618. The highest BCUT2D eigenvalue weighted by Crippen LogP contribution is 2.34. The number of hydrogen-bond acceptors (Lipinski definition) is 6. The third-order valence-corrected chi connectivity index (χ3v) is 5.65. The smallest absolute Gasteiger partial charge is 0.248 e. The van der Waals surface area contributed by atoms with Crippen molar-refractivity contribution in [2.45, 2.75) is 25.4 Å². The Hall–Kier alpha value is -4.01. The fraction of sp³-hybridized carbons (Fsp3) is 0.261. The minimum atomic E-state index is -0.570. The second-order valence-corrected chi connectivity index (χ2v) is 7.62. The number of ether oxygens (including phenoxy) is 3. The van der Waals surface area contributed by atoms with E-state index in [4.69, 9.17) is 14.2 Å². The Bertz CT molecular complexity index is 1170. The Labute approximate surface area is 184 Å². The lowest BCUT2D eigenvalue weighted by atomic mass is 10.1. The molecule has 2 aliphatic heterocycles. The normalized spacial score (nSPS) is 17.0.